The van der Waals surface area contributed by atoms with E-state index >= 15 is 0 Å². The molecule has 0 saturated carbocycles. The Morgan fingerprint density at radius 2 is 0.836 bits per heavy atom. The molecule has 5 heterocycles. The summed E-state index contributed by atoms with van der Waals surface area (Å²) in [6.45, 7) is 8.90. The first-order chi connectivity index (χ1) is 36.1. The fourth-order valence-electron chi connectivity index (χ4n) is 12.4. The molecule has 336 valence electrons. The van der Waals surface area contributed by atoms with Crippen molar-refractivity contribution < 1.29 is 4.42 Å². The van der Waals surface area contributed by atoms with E-state index in [2.05, 4.69) is 217 Å². The molecule has 0 aliphatic carbocycles. The van der Waals surface area contributed by atoms with Gasteiger partial charge in [-0.2, -0.15) is 5.26 Å². The highest BCUT2D eigenvalue weighted by atomic mass is 16.3. The molecule has 0 N–H and O–H groups in total. The van der Waals surface area contributed by atoms with Gasteiger partial charge in [-0.05, 0) is 108 Å². The van der Waals surface area contributed by atoms with Crippen LogP contribution >= 0.6 is 0 Å². The zero-order chi connectivity index (χ0) is 48.1. The number of para-hydroxylation sites is 5. The highest BCUT2D eigenvalue weighted by Crippen LogP contribution is 2.46. The molecule has 7 nitrogen and oxygen atoms in total. The van der Waals surface area contributed by atoms with Crippen LogP contribution < -0.4 is 0 Å². The molecule has 11 aromatic carbocycles. The van der Waals surface area contributed by atoms with Gasteiger partial charge in [0, 0.05) is 59.9 Å². The summed E-state index contributed by atoms with van der Waals surface area (Å²) in [4.78, 5) is 4.30. The van der Waals surface area contributed by atoms with Crippen molar-refractivity contribution in [2.45, 2.75) is 0 Å². The monoisotopic (exact) mass is 928 g/mol. The molecule has 16 aromatic rings. The SMILES string of the molecule is [C-]#[N+]c1cc(-n2c3ccc(-n4c5ccccc5c5ccccc54)cc3c3c4oc5ccccc5c4ccc32)c(C#N)cc1-n1c2ccc(-n3c4ccccc4c4ccccc43)cc2c2c3ccccc3ccc21. The molecule has 0 bridgehead atoms. The maximum atomic E-state index is 11.4. The summed E-state index contributed by atoms with van der Waals surface area (Å²) in [5.74, 6) is 0. The van der Waals surface area contributed by atoms with E-state index in [9.17, 15) is 5.26 Å². The van der Waals surface area contributed by atoms with Gasteiger partial charge in [-0.15, -0.1) is 0 Å². The summed E-state index contributed by atoms with van der Waals surface area (Å²) in [5.41, 5.74) is 13.9. The van der Waals surface area contributed by atoms with Crippen LogP contribution in [-0.4, -0.2) is 18.3 Å². The first-order valence-electron chi connectivity index (χ1n) is 24.4. The van der Waals surface area contributed by atoms with Crippen LogP contribution in [0.5, 0.6) is 0 Å². The van der Waals surface area contributed by atoms with Crippen molar-refractivity contribution in [2.24, 2.45) is 0 Å². The first kappa shape index (κ1) is 39.5. The minimum absolute atomic E-state index is 0.425. The summed E-state index contributed by atoms with van der Waals surface area (Å²) in [6, 6.07) is 79.2. The predicted molar refractivity (Wildman–Crippen MR) is 300 cm³/mol. The average Bonchev–Trinajstić information content (AvgIpc) is 4.25. The number of nitrogens with zero attached hydrogens (tertiary/aromatic N) is 6. The molecule has 0 fully saturated rings. The molecule has 0 aliphatic rings. The Morgan fingerprint density at radius 3 is 1.42 bits per heavy atom. The molecule has 0 aliphatic heterocycles. The number of rotatable bonds is 4. The molecule has 5 aromatic heterocycles. The second-order valence-electron chi connectivity index (χ2n) is 19.0. The largest absolute Gasteiger partial charge is 0.455 e. The average molecular weight is 929 g/mol. The Morgan fingerprint density at radius 1 is 0.370 bits per heavy atom. The number of furan rings is 1. The number of aromatic nitrogens is 4. The lowest BCUT2D eigenvalue weighted by Crippen LogP contribution is -2.02. The Kier molecular flexibility index (Phi) is 7.90. The maximum Gasteiger partial charge on any atom is 0.212 e. The van der Waals surface area contributed by atoms with E-state index in [-0.39, 0.29) is 0 Å². The molecule has 0 amide bonds. The van der Waals surface area contributed by atoms with E-state index in [1.807, 2.05) is 30.3 Å². The topological polar surface area (TPSA) is 61.0 Å². The minimum Gasteiger partial charge on any atom is -0.455 e. The van der Waals surface area contributed by atoms with Gasteiger partial charge in [0.25, 0.3) is 0 Å². The molecular formula is C66H36N6O. The first-order valence-corrected chi connectivity index (χ1v) is 24.4. The van der Waals surface area contributed by atoms with E-state index in [0.29, 0.717) is 22.6 Å². The molecule has 73 heavy (non-hydrogen) atoms. The van der Waals surface area contributed by atoms with Gasteiger partial charge in [-0.3, -0.25) is 0 Å². The van der Waals surface area contributed by atoms with E-state index in [1.165, 1.54) is 21.5 Å². The third kappa shape index (κ3) is 5.29. The van der Waals surface area contributed by atoms with E-state index in [4.69, 9.17) is 11.0 Å². The van der Waals surface area contributed by atoms with Crippen molar-refractivity contribution in [3.8, 4) is 28.8 Å². The smallest absolute Gasteiger partial charge is 0.212 e. The van der Waals surface area contributed by atoms with Crippen molar-refractivity contribution >= 4 is 126 Å². The van der Waals surface area contributed by atoms with Gasteiger partial charge in [0.2, 0.25) is 5.69 Å². The van der Waals surface area contributed by atoms with Crippen molar-refractivity contribution in [3.63, 3.8) is 0 Å². The summed E-state index contributed by atoms with van der Waals surface area (Å²) < 4.78 is 15.8. The van der Waals surface area contributed by atoms with E-state index in [1.54, 1.807) is 0 Å². The Labute approximate surface area is 415 Å². The fraction of sp³-hybridized carbons (Fsp3) is 0. The molecule has 0 radical (unpaired) electrons. The summed E-state index contributed by atoms with van der Waals surface area (Å²) >= 11 is 0. The summed E-state index contributed by atoms with van der Waals surface area (Å²) in [5, 5.41) is 24.5. The summed E-state index contributed by atoms with van der Waals surface area (Å²) in [7, 11) is 0. The maximum absolute atomic E-state index is 11.4. The standard InChI is InChI=1S/C66H36N6O/c1-68-52-37-61(71-58-32-28-42(70-55-23-11-6-18-46(55)47-19-7-12-24-56(47)70)36-51(58)65-60(71)33-29-49-48-20-8-13-25-63(48)73-66(49)65)40(38-67)34-62(52)72-57-31-27-41(35-50(57)64-43-15-3-2-14-39(43)26-30-59(64)72)69-53-21-9-4-16-44(53)45-17-5-10-22-54(45)69/h2-37H. The van der Waals surface area contributed by atoms with E-state index in [0.717, 1.165) is 110 Å². The van der Waals surface area contributed by atoms with Crippen LogP contribution in [-0.2, 0) is 0 Å². The lowest BCUT2D eigenvalue weighted by Gasteiger charge is -2.16. The highest BCUT2D eigenvalue weighted by molar-refractivity contribution is 6.25. The van der Waals surface area contributed by atoms with E-state index < -0.39 is 0 Å². The molecule has 0 saturated heterocycles. The minimum atomic E-state index is 0.425. The molecule has 0 spiro atoms. The molecule has 7 heteroatoms. The zero-order valence-corrected chi connectivity index (χ0v) is 38.9. The Hall–Kier alpha value is -10.3. The van der Waals surface area contributed by atoms with Crippen molar-refractivity contribution in [2.75, 3.05) is 0 Å². The second kappa shape index (κ2) is 14.6. The highest BCUT2D eigenvalue weighted by Gasteiger charge is 2.25. The molecule has 0 unspecified atom stereocenters. The van der Waals surface area contributed by atoms with Gasteiger partial charge < -0.3 is 22.7 Å². The number of hydrogen-bond donors (Lipinski definition) is 0. The molecule has 0 atom stereocenters. The van der Waals surface area contributed by atoms with Gasteiger partial charge in [0.1, 0.15) is 17.2 Å². The molecule has 16 rings (SSSR count). The quantitative estimate of drug-likeness (QED) is 0.165. The van der Waals surface area contributed by atoms with Gasteiger partial charge in [-0.1, -0.05) is 121 Å². The number of nitriles is 1. The fourth-order valence-corrected chi connectivity index (χ4v) is 12.4. The van der Waals surface area contributed by atoms with Crippen LogP contribution in [0.1, 0.15) is 5.56 Å². The van der Waals surface area contributed by atoms with Gasteiger partial charge >= 0.3 is 0 Å². The zero-order valence-electron chi connectivity index (χ0n) is 38.9. The Balaban J connectivity index is 0.966. The summed E-state index contributed by atoms with van der Waals surface area (Å²) in [6.07, 6.45) is 0. The third-order valence-corrected chi connectivity index (χ3v) is 15.4. The van der Waals surface area contributed by atoms with Crippen LogP contribution in [0.25, 0.3) is 148 Å². The third-order valence-electron chi connectivity index (χ3n) is 15.4. The van der Waals surface area contributed by atoms with Crippen LogP contribution in [0, 0.1) is 17.9 Å². The van der Waals surface area contributed by atoms with Crippen LogP contribution in [0.2, 0.25) is 0 Å². The second-order valence-corrected chi connectivity index (χ2v) is 19.0. The van der Waals surface area contributed by atoms with Crippen LogP contribution in [0.15, 0.2) is 223 Å². The van der Waals surface area contributed by atoms with Gasteiger partial charge in [0.15, 0.2) is 0 Å². The number of hydrogen-bond acceptors (Lipinski definition) is 2. The Bertz CT molecular complexity index is 5090. The number of fused-ring (bicyclic) bond motifs is 18. The predicted octanol–water partition coefficient (Wildman–Crippen LogP) is 17.6. The van der Waals surface area contributed by atoms with Crippen molar-refractivity contribution in [1.82, 2.24) is 18.3 Å². The van der Waals surface area contributed by atoms with Crippen LogP contribution in [0.4, 0.5) is 5.69 Å². The van der Waals surface area contributed by atoms with Crippen molar-refractivity contribution in [3.05, 3.63) is 235 Å². The molecular weight excluding hydrogens is 893 g/mol. The lowest BCUT2D eigenvalue weighted by atomic mass is 10.0. The lowest BCUT2D eigenvalue weighted by molar-refractivity contribution is 0.673. The van der Waals surface area contributed by atoms with Gasteiger partial charge in [0.05, 0.1) is 73.0 Å². The van der Waals surface area contributed by atoms with Gasteiger partial charge in [-0.25, -0.2) is 4.85 Å². The normalized spacial score (nSPS) is 12.1. The van der Waals surface area contributed by atoms with Crippen LogP contribution in [0.3, 0.4) is 0 Å². The number of benzene rings is 11. The van der Waals surface area contributed by atoms with Crippen molar-refractivity contribution in [1.29, 1.82) is 5.26 Å².